The Kier molecular flexibility index (Phi) is 4.69. The summed E-state index contributed by atoms with van der Waals surface area (Å²) in [6, 6.07) is 5.06. The summed E-state index contributed by atoms with van der Waals surface area (Å²) in [5.41, 5.74) is 5.75. The number of amides is 1. The summed E-state index contributed by atoms with van der Waals surface area (Å²) in [4.78, 5) is 24.5. The summed E-state index contributed by atoms with van der Waals surface area (Å²) in [6.45, 7) is 1.99. The molecule has 0 aliphatic heterocycles. The van der Waals surface area contributed by atoms with Crippen LogP contribution in [0.3, 0.4) is 0 Å². The molecule has 3 rings (SSSR count). The Morgan fingerprint density at radius 1 is 1.46 bits per heavy atom. The number of nitrogens with zero attached hydrogens (tertiary/aromatic N) is 2. The van der Waals surface area contributed by atoms with Crippen molar-refractivity contribution in [2.75, 3.05) is 5.73 Å². The van der Waals surface area contributed by atoms with Crippen LogP contribution in [-0.4, -0.2) is 21.7 Å². The molecule has 128 valence electrons. The summed E-state index contributed by atoms with van der Waals surface area (Å²) >= 11 is 0. The zero-order valence-corrected chi connectivity index (χ0v) is 13.7. The van der Waals surface area contributed by atoms with Crippen LogP contribution in [0.4, 0.5) is 5.69 Å². The van der Waals surface area contributed by atoms with Crippen LogP contribution in [-0.2, 0) is 11.3 Å². The molecule has 0 spiro atoms. The number of nitrogens with two attached hydrogens (primary N) is 1. The van der Waals surface area contributed by atoms with Crippen LogP contribution in [0, 0.1) is 5.92 Å². The van der Waals surface area contributed by atoms with Crippen molar-refractivity contribution in [2.45, 2.75) is 45.2 Å². The molecule has 0 bridgehead atoms. The summed E-state index contributed by atoms with van der Waals surface area (Å²) < 4.78 is 6.37. The van der Waals surface area contributed by atoms with E-state index in [0.717, 1.165) is 23.9 Å². The zero-order chi connectivity index (χ0) is 17.1. The highest BCUT2D eigenvalue weighted by atomic mass is 16.3. The molecule has 7 nitrogen and oxygen atoms in total. The van der Waals surface area contributed by atoms with Crippen LogP contribution in [0.1, 0.15) is 32.6 Å². The van der Waals surface area contributed by atoms with E-state index >= 15 is 0 Å². The third-order valence-corrected chi connectivity index (χ3v) is 4.53. The Hall–Kier alpha value is -2.57. The minimum absolute atomic E-state index is 0.0373. The molecule has 2 atom stereocenters. The lowest BCUT2D eigenvalue weighted by atomic mass is 9.86. The Morgan fingerprint density at radius 2 is 2.25 bits per heavy atom. The Bertz CT molecular complexity index is 767. The lowest BCUT2D eigenvalue weighted by Gasteiger charge is -2.29. The molecule has 2 heterocycles. The molecule has 0 aromatic carbocycles. The first-order valence-corrected chi connectivity index (χ1v) is 8.25. The first kappa shape index (κ1) is 16.3. The quantitative estimate of drug-likeness (QED) is 0.889. The number of aromatic nitrogens is 2. The molecule has 3 N–H and O–H groups in total. The van der Waals surface area contributed by atoms with Crippen LogP contribution >= 0.6 is 0 Å². The molecular formula is C17H22N4O3. The largest absolute Gasteiger partial charge is 0.463 e. The van der Waals surface area contributed by atoms with E-state index in [9.17, 15) is 9.59 Å². The molecule has 0 saturated heterocycles. The highest BCUT2D eigenvalue weighted by Gasteiger charge is 2.23. The molecule has 1 fully saturated rings. The fourth-order valence-electron chi connectivity index (χ4n) is 3.13. The van der Waals surface area contributed by atoms with Gasteiger partial charge in [-0.15, -0.1) is 0 Å². The molecule has 0 radical (unpaired) electrons. The molecule has 24 heavy (non-hydrogen) atoms. The molecule has 2 aromatic rings. The van der Waals surface area contributed by atoms with Gasteiger partial charge in [0.1, 0.15) is 17.9 Å². The van der Waals surface area contributed by atoms with Gasteiger partial charge in [-0.2, -0.15) is 5.10 Å². The highest BCUT2D eigenvalue weighted by Crippen LogP contribution is 2.23. The van der Waals surface area contributed by atoms with Gasteiger partial charge in [0.15, 0.2) is 5.76 Å². The minimum Gasteiger partial charge on any atom is -0.463 e. The van der Waals surface area contributed by atoms with Gasteiger partial charge in [-0.05, 0) is 37.0 Å². The lowest BCUT2D eigenvalue weighted by Crippen LogP contribution is -2.44. The average Bonchev–Trinajstić information content (AvgIpc) is 3.08. The third kappa shape index (κ3) is 3.50. The summed E-state index contributed by atoms with van der Waals surface area (Å²) in [5, 5.41) is 7.21. The number of carbonyl (C=O) groups excluding carboxylic acids is 1. The fourth-order valence-corrected chi connectivity index (χ4v) is 3.13. The van der Waals surface area contributed by atoms with E-state index in [1.54, 1.807) is 12.1 Å². The van der Waals surface area contributed by atoms with Gasteiger partial charge in [0.25, 0.3) is 5.56 Å². The molecule has 1 aliphatic carbocycles. The van der Waals surface area contributed by atoms with Crippen molar-refractivity contribution in [3.05, 3.63) is 34.8 Å². The predicted octanol–water partition coefficient (Wildman–Crippen LogP) is 1.78. The number of hydrogen-bond donors (Lipinski definition) is 2. The van der Waals surface area contributed by atoms with Crippen molar-refractivity contribution in [1.29, 1.82) is 0 Å². The lowest BCUT2D eigenvalue weighted by molar-refractivity contribution is -0.123. The maximum atomic E-state index is 12.3. The maximum absolute atomic E-state index is 12.3. The Balaban J connectivity index is 1.76. The number of nitrogen functional groups attached to an aromatic ring is 1. The molecule has 1 amide bonds. The number of anilines is 1. The van der Waals surface area contributed by atoms with Gasteiger partial charge in [-0.25, -0.2) is 4.68 Å². The summed E-state index contributed by atoms with van der Waals surface area (Å²) in [7, 11) is 0. The molecule has 2 aromatic heterocycles. The number of furan rings is 1. The molecule has 2 unspecified atom stereocenters. The normalized spacial score (nSPS) is 20.7. The van der Waals surface area contributed by atoms with Crippen molar-refractivity contribution in [3.63, 3.8) is 0 Å². The topological polar surface area (TPSA) is 103 Å². The van der Waals surface area contributed by atoms with Gasteiger partial charge in [0, 0.05) is 6.04 Å². The van der Waals surface area contributed by atoms with Gasteiger partial charge < -0.3 is 15.5 Å². The van der Waals surface area contributed by atoms with Gasteiger partial charge in [-0.3, -0.25) is 9.59 Å². The van der Waals surface area contributed by atoms with Crippen LogP contribution in [0.5, 0.6) is 0 Å². The first-order valence-electron chi connectivity index (χ1n) is 8.25. The monoisotopic (exact) mass is 330 g/mol. The standard InChI is InChI=1S/C17H22N4O3/c1-11-5-2-3-6-13(11)19-16(22)10-21-17(23)12(18)9-14(20-21)15-7-4-8-24-15/h4,7-9,11,13H,2-3,5-6,10,18H2,1H3,(H,19,22). The number of carbonyl (C=O) groups is 1. The second kappa shape index (κ2) is 6.90. The minimum atomic E-state index is -0.475. The SMILES string of the molecule is CC1CCCCC1NC(=O)Cn1nc(-c2ccco2)cc(N)c1=O. The Labute approximate surface area is 139 Å². The van der Waals surface area contributed by atoms with E-state index in [1.165, 1.54) is 18.8 Å². The van der Waals surface area contributed by atoms with Crippen molar-refractivity contribution in [2.24, 2.45) is 5.92 Å². The predicted molar refractivity (Wildman–Crippen MR) is 90.2 cm³/mol. The average molecular weight is 330 g/mol. The van der Waals surface area contributed by atoms with Crippen molar-refractivity contribution in [1.82, 2.24) is 15.1 Å². The Morgan fingerprint density at radius 3 is 2.96 bits per heavy atom. The summed E-state index contributed by atoms with van der Waals surface area (Å²) in [5.74, 6) is 0.725. The highest BCUT2D eigenvalue weighted by molar-refractivity contribution is 5.76. The van der Waals surface area contributed by atoms with E-state index < -0.39 is 5.56 Å². The number of hydrogen-bond acceptors (Lipinski definition) is 5. The maximum Gasteiger partial charge on any atom is 0.290 e. The fraction of sp³-hybridized carbons (Fsp3) is 0.471. The second-order valence-corrected chi connectivity index (χ2v) is 6.36. The number of rotatable bonds is 4. The van der Waals surface area contributed by atoms with Gasteiger partial charge in [0.2, 0.25) is 5.91 Å². The molecule has 1 saturated carbocycles. The van der Waals surface area contributed by atoms with Gasteiger partial charge in [-0.1, -0.05) is 19.8 Å². The van der Waals surface area contributed by atoms with E-state index in [-0.39, 0.29) is 24.2 Å². The van der Waals surface area contributed by atoms with Crippen LogP contribution < -0.4 is 16.6 Å². The smallest absolute Gasteiger partial charge is 0.290 e. The zero-order valence-electron chi connectivity index (χ0n) is 13.7. The molecule has 7 heteroatoms. The van der Waals surface area contributed by atoms with Gasteiger partial charge in [0.05, 0.1) is 6.26 Å². The van der Waals surface area contributed by atoms with Crippen LogP contribution in [0.15, 0.2) is 33.7 Å². The second-order valence-electron chi connectivity index (χ2n) is 6.36. The molecular weight excluding hydrogens is 308 g/mol. The van der Waals surface area contributed by atoms with E-state index in [1.807, 2.05) is 0 Å². The van der Waals surface area contributed by atoms with Gasteiger partial charge >= 0.3 is 0 Å². The van der Waals surface area contributed by atoms with Crippen molar-refractivity contribution in [3.8, 4) is 11.5 Å². The van der Waals surface area contributed by atoms with Crippen molar-refractivity contribution < 1.29 is 9.21 Å². The third-order valence-electron chi connectivity index (χ3n) is 4.53. The van der Waals surface area contributed by atoms with Crippen LogP contribution in [0.2, 0.25) is 0 Å². The van der Waals surface area contributed by atoms with E-state index in [2.05, 4.69) is 17.3 Å². The van der Waals surface area contributed by atoms with E-state index in [4.69, 9.17) is 10.2 Å². The summed E-state index contributed by atoms with van der Waals surface area (Å²) in [6.07, 6.45) is 5.93. The van der Waals surface area contributed by atoms with Crippen LogP contribution in [0.25, 0.3) is 11.5 Å². The van der Waals surface area contributed by atoms with E-state index in [0.29, 0.717) is 17.4 Å². The number of nitrogens with one attached hydrogen (secondary N) is 1. The molecule has 1 aliphatic rings. The first-order chi connectivity index (χ1) is 11.5. The van der Waals surface area contributed by atoms with Crippen molar-refractivity contribution >= 4 is 11.6 Å².